The Bertz CT molecular complexity index is 1030. The molecule has 2 aromatic carbocycles. The van der Waals surface area contributed by atoms with Gasteiger partial charge in [0.15, 0.2) is 0 Å². The van der Waals surface area contributed by atoms with E-state index in [9.17, 15) is 8.42 Å². The number of benzene rings is 2. The molecular weight excluding hydrogens is 348 g/mol. The fraction of sp³-hybridized carbons (Fsp3) is 0.368. The third kappa shape index (κ3) is 2.38. The molecule has 2 atom stereocenters. The minimum Gasteiger partial charge on any atom is -0.250 e. The lowest BCUT2D eigenvalue weighted by atomic mass is 10.0. The van der Waals surface area contributed by atoms with Crippen molar-refractivity contribution in [2.75, 3.05) is 0 Å². The quantitative estimate of drug-likeness (QED) is 0.713. The minimum atomic E-state index is -3.53. The molecule has 0 aliphatic carbocycles. The molecule has 3 aromatic rings. The van der Waals surface area contributed by atoms with Crippen molar-refractivity contribution < 1.29 is 8.42 Å². The first-order valence-corrected chi connectivity index (χ1v) is 10.4. The van der Waals surface area contributed by atoms with Gasteiger partial charge in [-0.05, 0) is 37.1 Å². The normalized spacial score (nSPS) is 26.4. The summed E-state index contributed by atoms with van der Waals surface area (Å²) in [7, 11) is -3.53. The Morgan fingerprint density at radius 3 is 2.38 bits per heavy atom. The monoisotopic (exact) mass is 368 g/mol. The highest BCUT2D eigenvalue weighted by molar-refractivity contribution is 7.89. The Morgan fingerprint density at radius 2 is 1.65 bits per heavy atom. The third-order valence-corrected chi connectivity index (χ3v) is 7.82. The minimum absolute atomic E-state index is 0.0342. The summed E-state index contributed by atoms with van der Waals surface area (Å²) >= 11 is 0. The summed E-state index contributed by atoms with van der Waals surface area (Å²) in [6.07, 6.45) is 6.70. The summed E-state index contributed by atoms with van der Waals surface area (Å²) < 4.78 is 30.8. The first-order valence-electron chi connectivity index (χ1n) is 9.00. The molecule has 26 heavy (non-hydrogen) atoms. The van der Waals surface area contributed by atoms with Gasteiger partial charge in [-0.2, -0.15) is 9.40 Å². The van der Waals surface area contributed by atoms with Gasteiger partial charge in [0, 0.05) is 17.5 Å². The van der Waals surface area contributed by atoms with E-state index in [2.05, 4.69) is 10.1 Å². The van der Waals surface area contributed by atoms with Crippen LogP contribution in [0.5, 0.6) is 0 Å². The van der Waals surface area contributed by atoms with E-state index in [1.54, 1.807) is 23.0 Å². The van der Waals surface area contributed by atoms with Crippen LogP contribution in [-0.2, 0) is 10.0 Å². The van der Waals surface area contributed by atoms with Crippen LogP contribution in [0.1, 0.15) is 31.7 Å². The van der Waals surface area contributed by atoms with Gasteiger partial charge in [0.2, 0.25) is 10.0 Å². The SMILES string of the molecule is O=S(=O)(c1cccc2ccccc12)N1C2CCC1CC(n1cncn1)C2. The standard InChI is InChI=1S/C19H20N4O2S/c24-26(25,19-7-3-5-14-4-1-2-6-18(14)19)23-15-8-9-16(23)11-17(10-15)22-13-20-12-21-22/h1-7,12-13,15-17H,8-11H2. The average Bonchev–Trinajstić information content (AvgIpc) is 3.28. The summed E-state index contributed by atoms with van der Waals surface area (Å²) in [5, 5.41) is 6.02. The Hall–Kier alpha value is -2.25. The van der Waals surface area contributed by atoms with Crippen molar-refractivity contribution in [2.24, 2.45) is 0 Å². The van der Waals surface area contributed by atoms with Gasteiger partial charge < -0.3 is 0 Å². The van der Waals surface area contributed by atoms with E-state index < -0.39 is 10.0 Å². The van der Waals surface area contributed by atoms with Crippen molar-refractivity contribution in [1.29, 1.82) is 0 Å². The van der Waals surface area contributed by atoms with Gasteiger partial charge in [-0.15, -0.1) is 0 Å². The van der Waals surface area contributed by atoms with Gasteiger partial charge in [-0.1, -0.05) is 36.4 Å². The smallest absolute Gasteiger partial charge is 0.244 e. The second kappa shape index (κ2) is 5.89. The maximum atomic E-state index is 13.5. The molecular formula is C19H20N4O2S. The first-order chi connectivity index (χ1) is 12.6. The number of aromatic nitrogens is 3. The zero-order chi connectivity index (χ0) is 17.7. The van der Waals surface area contributed by atoms with Crippen molar-refractivity contribution in [2.45, 2.75) is 48.7 Å². The van der Waals surface area contributed by atoms with Gasteiger partial charge in [0.25, 0.3) is 0 Å². The molecule has 2 bridgehead atoms. The van der Waals surface area contributed by atoms with Crippen molar-refractivity contribution >= 4 is 20.8 Å². The zero-order valence-corrected chi connectivity index (χ0v) is 15.1. The number of hydrogen-bond donors (Lipinski definition) is 0. The molecule has 7 heteroatoms. The van der Waals surface area contributed by atoms with E-state index in [0.29, 0.717) is 4.90 Å². The third-order valence-electron chi connectivity index (χ3n) is 5.76. The first kappa shape index (κ1) is 16.0. The predicted octanol–water partition coefficient (Wildman–Crippen LogP) is 2.99. The van der Waals surface area contributed by atoms with Crippen LogP contribution in [0.2, 0.25) is 0 Å². The van der Waals surface area contributed by atoms with Crippen LogP contribution in [0.25, 0.3) is 10.8 Å². The molecule has 5 rings (SSSR count). The lowest BCUT2D eigenvalue weighted by Crippen LogP contribution is -2.46. The molecule has 2 unspecified atom stereocenters. The van der Waals surface area contributed by atoms with Gasteiger partial charge in [-0.25, -0.2) is 18.1 Å². The van der Waals surface area contributed by atoms with Crippen LogP contribution in [0.4, 0.5) is 0 Å². The maximum Gasteiger partial charge on any atom is 0.244 e. The highest BCUT2D eigenvalue weighted by Crippen LogP contribution is 2.44. The summed E-state index contributed by atoms with van der Waals surface area (Å²) in [5.74, 6) is 0. The van der Waals surface area contributed by atoms with Crippen LogP contribution < -0.4 is 0 Å². The van der Waals surface area contributed by atoms with Gasteiger partial charge in [0.05, 0.1) is 10.9 Å². The van der Waals surface area contributed by atoms with Crippen LogP contribution in [0, 0.1) is 0 Å². The van der Waals surface area contributed by atoms with E-state index in [1.165, 1.54) is 0 Å². The second-order valence-electron chi connectivity index (χ2n) is 7.20. The van der Waals surface area contributed by atoms with E-state index in [4.69, 9.17) is 0 Å². The highest BCUT2D eigenvalue weighted by atomic mass is 32.2. The fourth-order valence-electron chi connectivity index (χ4n) is 4.65. The number of hydrogen-bond acceptors (Lipinski definition) is 4. The highest BCUT2D eigenvalue weighted by Gasteiger charge is 2.48. The molecule has 1 aromatic heterocycles. The Labute approximate surface area is 152 Å². The lowest BCUT2D eigenvalue weighted by molar-refractivity contribution is 0.184. The summed E-state index contributed by atoms with van der Waals surface area (Å²) in [6, 6.07) is 13.5. The van der Waals surface area contributed by atoms with Gasteiger partial charge in [0.1, 0.15) is 12.7 Å². The second-order valence-corrected chi connectivity index (χ2v) is 9.01. The largest absolute Gasteiger partial charge is 0.250 e. The van der Waals surface area contributed by atoms with Crippen LogP contribution in [-0.4, -0.2) is 39.6 Å². The van der Waals surface area contributed by atoms with E-state index in [1.807, 2.05) is 41.1 Å². The molecule has 0 radical (unpaired) electrons. The molecule has 2 aliphatic rings. The fourth-order valence-corrected chi connectivity index (χ4v) is 6.76. The van der Waals surface area contributed by atoms with Crippen molar-refractivity contribution in [3.8, 4) is 0 Å². The van der Waals surface area contributed by atoms with Gasteiger partial charge in [-0.3, -0.25) is 0 Å². The number of sulfonamides is 1. The van der Waals surface area contributed by atoms with E-state index in [-0.39, 0.29) is 18.1 Å². The molecule has 6 nitrogen and oxygen atoms in total. The number of nitrogens with zero attached hydrogens (tertiary/aromatic N) is 4. The summed E-state index contributed by atoms with van der Waals surface area (Å²) in [5.41, 5.74) is 0. The topological polar surface area (TPSA) is 68.1 Å². The molecule has 2 fully saturated rings. The molecule has 0 N–H and O–H groups in total. The molecule has 2 saturated heterocycles. The summed E-state index contributed by atoms with van der Waals surface area (Å²) in [4.78, 5) is 4.46. The van der Waals surface area contributed by atoms with Crippen LogP contribution in [0.15, 0.2) is 60.0 Å². The molecule has 3 heterocycles. The van der Waals surface area contributed by atoms with Crippen LogP contribution >= 0.6 is 0 Å². The van der Waals surface area contributed by atoms with Crippen molar-refractivity contribution in [1.82, 2.24) is 19.1 Å². The lowest BCUT2D eigenvalue weighted by Gasteiger charge is -2.37. The molecule has 2 aliphatic heterocycles. The average molecular weight is 368 g/mol. The Balaban J connectivity index is 1.53. The molecule has 0 saturated carbocycles. The molecule has 134 valence electrons. The van der Waals surface area contributed by atoms with Gasteiger partial charge >= 0.3 is 0 Å². The van der Waals surface area contributed by atoms with Crippen LogP contribution in [0.3, 0.4) is 0 Å². The Morgan fingerprint density at radius 1 is 0.923 bits per heavy atom. The molecule has 0 amide bonds. The maximum absolute atomic E-state index is 13.5. The summed E-state index contributed by atoms with van der Waals surface area (Å²) in [6.45, 7) is 0. The number of rotatable bonds is 3. The van der Waals surface area contributed by atoms with Crippen molar-refractivity contribution in [3.63, 3.8) is 0 Å². The molecule has 0 spiro atoms. The van der Waals surface area contributed by atoms with E-state index in [0.717, 1.165) is 36.5 Å². The van der Waals surface area contributed by atoms with E-state index >= 15 is 0 Å². The Kier molecular flexibility index (Phi) is 3.62. The van der Waals surface area contributed by atoms with Crippen molar-refractivity contribution in [3.05, 3.63) is 55.1 Å². The number of piperidine rings is 1. The number of fused-ring (bicyclic) bond motifs is 3. The predicted molar refractivity (Wildman–Crippen MR) is 98.1 cm³/mol. The zero-order valence-electron chi connectivity index (χ0n) is 14.3.